The molecule has 0 aliphatic carbocycles. The summed E-state index contributed by atoms with van der Waals surface area (Å²) in [7, 11) is 0. The molecule has 2 unspecified atom stereocenters. The molecule has 4 nitrogen and oxygen atoms in total. The number of carbonyl (C=O) groups is 1. The van der Waals surface area contributed by atoms with E-state index in [-0.39, 0.29) is 6.04 Å². The molecule has 0 radical (unpaired) electrons. The van der Waals surface area contributed by atoms with Crippen LogP contribution in [0, 0.1) is 5.92 Å². The first kappa shape index (κ1) is 13.0. The number of benzene rings is 1. The van der Waals surface area contributed by atoms with Crippen molar-refractivity contribution in [2.45, 2.75) is 13.0 Å². The zero-order valence-electron chi connectivity index (χ0n) is 9.68. The number of rotatable bonds is 2. The smallest absolute Gasteiger partial charge is 0.228 e. The second-order valence-corrected chi connectivity index (χ2v) is 4.94. The van der Waals surface area contributed by atoms with Gasteiger partial charge < -0.3 is 11.1 Å². The van der Waals surface area contributed by atoms with Crippen molar-refractivity contribution in [1.82, 2.24) is 5.32 Å². The van der Waals surface area contributed by atoms with Crippen molar-refractivity contribution >= 4 is 40.6 Å². The molecule has 1 aromatic carbocycles. The maximum Gasteiger partial charge on any atom is 0.228 e. The van der Waals surface area contributed by atoms with Crippen LogP contribution in [0.3, 0.4) is 0 Å². The Morgan fingerprint density at radius 1 is 1.44 bits per heavy atom. The predicted molar refractivity (Wildman–Crippen MR) is 75.7 cm³/mol. The van der Waals surface area contributed by atoms with Crippen LogP contribution in [0.2, 0.25) is 5.02 Å². The Balaban J connectivity index is 2.41. The van der Waals surface area contributed by atoms with E-state index in [1.54, 1.807) is 19.1 Å². The van der Waals surface area contributed by atoms with Crippen LogP contribution in [0.5, 0.6) is 0 Å². The molecule has 0 saturated carbocycles. The van der Waals surface area contributed by atoms with Gasteiger partial charge in [-0.2, -0.15) is 0 Å². The van der Waals surface area contributed by atoms with E-state index >= 15 is 0 Å². The first-order valence-corrected chi connectivity index (χ1v) is 6.18. The monoisotopic (exact) mass is 281 g/mol. The van der Waals surface area contributed by atoms with Crippen molar-refractivity contribution in [2.24, 2.45) is 16.6 Å². The highest BCUT2D eigenvalue weighted by atomic mass is 35.5. The number of hydrogen-bond acceptors (Lipinski definition) is 2. The van der Waals surface area contributed by atoms with Crippen LogP contribution in [0.1, 0.15) is 18.5 Å². The van der Waals surface area contributed by atoms with Crippen LogP contribution in [0.15, 0.2) is 29.3 Å². The molecular formula is C12H12ClN3OS. The third kappa shape index (κ3) is 2.52. The Kier molecular flexibility index (Phi) is 3.63. The van der Waals surface area contributed by atoms with E-state index in [1.165, 1.54) is 0 Å². The van der Waals surface area contributed by atoms with E-state index in [0.29, 0.717) is 15.8 Å². The number of nitrogens with zero attached hydrogens (tertiary/aromatic N) is 1. The predicted octanol–water partition coefficient (Wildman–Crippen LogP) is 1.83. The van der Waals surface area contributed by atoms with Gasteiger partial charge in [-0.05, 0) is 36.8 Å². The van der Waals surface area contributed by atoms with Crippen molar-refractivity contribution in [2.75, 3.05) is 0 Å². The Labute approximate surface area is 115 Å². The molecule has 0 bridgehead atoms. The summed E-state index contributed by atoms with van der Waals surface area (Å²) in [5.41, 5.74) is 6.96. The number of aliphatic imine (C=N–C) groups is 1. The van der Waals surface area contributed by atoms with E-state index in [0.717, 1.165) is 5.56 Å². The van der Waals surface area contributed by atoms with Gasteiger partial charge in [-0.25, -0.2) is 4.99 Å². The SMILES string of the molecule is CC1=NC(=S)NC(c2ccc(Cl)cc2)C1C(N)=O. The first-order valence-electron chi connectivity index (χ1n) is 5.39. The standard InChI is InChI=1S/C12H12ClN3OS/c1-6-9(11(14)17)10(16-12(18)15-6)7-2-4-8(13)5-3-7/h2-5,9-10H,1H3,(H2,14,17)(H,16,18). The van der Waals surface area contributed by atoms with E-state index in [4.69, 9.17) is 29.6 Å². The first-order chi connectivity index (χ1) is 8.49. The minimum absolute atomic E-state index is 0.287. The molecule has 0 fully saturated rings. The lowest BCUT2D eigenvalue weighted by Gasteiger charge is -2.30. The van der Waals surface area contributed by atoms with Gasteiger partial charge in [0.15, 0.2) is 5.11 Å². The lowest BCUT2D eigenvalue weighted by molar-refractivity contribution is -0.120. The molecule has 94 valence electrons. The molecule has 1 aliphatic rings. The summed E-state index contributed by atoms with van der Waals surface area (Å²) in [6, 6.07) is 6.93. The third-order valence-corrected chi connectivity index (χ3v) is 3.34. The number of thiocarbonyl (C=S) groups is 1. The van der Waals surface area contributed by atoms with Crippen molar-refractivity contribution < 1.29 is 4.79 Å². The van der Waals surface area contributed by atoms with Crippen LogP contribution in [0.4, 0.5) is 0 Å². The Morgan fingerprint density at radius 3 is 2.61 bits per heavy atom. The van der Waals surface area contributed by atoms with Gasteiger partial charge in [0.05, 0.1) is 6.04 Å². The van der Waals surface area contributed by atoms with Gasteiger partial charge in [-0.15, -0.1) is 0 Å². The Morgan fingerprint density at radius 2 is 2.06 bits per heavy atom. The number of halogens is 1. The summed E-state index contributed by atoms with van der Waals surface area (Å²) in [6.45, 7) is 1.76. The van der Waals surface area contributed by atoms with Crippen molar-refractivity contribution in [3.63, 3.8) is 0 Å². The fourth-order valence-corrected chi connectivity index (χ4v) is 2.43. The molecule has 1 heterocycles. The van der Waals surface area contributed by atoms with Gasteiger partial charge in [0.1, 0.15) is 5.92 Å². The molecule has 6 heteroatoms. The zero-order chi connectivity index (χ0) is 13.3. The molecule has 1 amide bonds. The van der Waals surface area contributed by atoms with Crippen molar-refractivity contribution in [3.05, 3.63) is 34.9 Å². The van der Waals surface area contributed by atoms with Gasteiger partial charge in [0.2, 0.25) is 5.91 Å². The maximum atomic E-state index is 11.6. The van der Waals surface area contributed by atoms with Gasteiger partial charge >= 0.3 is 0 Å². The summed E-state index contributed by atoms with van der Waals surface area (Å²) in [4.78, 5) is 15.6. The average molecular weight is 282 g/mol. The number of primary amides is 1. The molecule has 0 aromatic heterocycles. The lowest BCUT2D eigenvalue weighted by atomic mass is 9.88. The average Bonchev–Trinajstić information content (AvgIpc) is 2.28. The number of amides is 1. The Hall–Kier alpha value is -1.46. The van der Waals surface area contributed by atoms with Crippen LogP contribution >= 0.6 is 23.8 Å². The molecule has 18 heavy (non-hydrogen) atoms. The fourth-order valence-electron chi connectivity index (χ4n) is 2.04. The Bertz CT molecular complexity index is 527. The van der Waals surface area contributed by atoms with Gasteiger partial charge in [-0.3, -0.25) is 4.79 Å². The molecule has 0 spiro atoms. The topological polar surface area (TPSA) is 67.5 Å². The molecular weight excluding hydrogens is 270 g/mol. The van der Waals surface area contributed by atoms with Crippen LogP contribution in [-0.4, -0.2) is 16.7 Å². The molecule has 3 N–H and O–H groups in total. The number of hydrogen-bond donors (Lipinski definition) is 2. The highest BCUT2D eigenvalue weighted by molar-refractivity contribution is 7.80. The fraction of sp³-hybridized carbons (Fsp3) is 0.250. The molecule has 2 rings (SSSR count). The minimum Gasteiger partial charge on any atom is -0.369 e. The van der Waals surface area contributed by atoms with Gasteiger partial charge in [0.25, 0.3) is 0 Å². The van der Waals surface area contributed by atoms with E-state index in [1.807, 2.05) is 12.1 Å². The normalized spacial score (nSPS) is 23.2. The summed E-state index contributed by atoms with van der Waals surface area (Å²) < 4.78 is 0. The molecule has 1 aliphatic heterocycles. The van der Waals surface area contributed by atoms with E-state index in [2.05, 4.69) is 10.3 Å². The zero-order valence-corrected chi connectivity index (χ0v) is 11.3. The third-order valence-electron chi connectivity index (χ3n) is 2.88. The quantitative estimate of drug-likeness (QED) is 0.813. The number of carbonyl (C=O) groups excluding carboxylic acids is 1. The summed E-state index contributed by atoms with van der Waals surface area (Å²) in [5.74, 6) is -0.927. The van der Waals surface area contributed by atoms with Crippen LogP contribution in [0.25, 0.3) is 0 Å². The lowest BCUT2D eigenvalue weighted by Crippen LogP contribution is -2.45. The minimum atomic E-state index is -0.502. The van der Waals surface area contributed by atoms with Crippen LogP contribution in [-0.2, 0) is 4.79 Å². The summed E-state index contributed by atoms with van der Waals surface area (Å²) in [6.07, 6.45) is 0. The molecule has 1 aromatic rings. The number of nitrogens with two attached hydrogens (primary N) is 1. The van der Waals surface area contributed by atoms with Gasteiger partial charge in [-0.1, -0.05) is 23.7 Å². The van der Waals surface area contributed by atoms with E-state index in [9.17, 15) is 4.79 Å². The maximum absolute atomic E-state index is 11.6. The second kappa shape index (κ2) is 5.04. The van der Waals surface area contributed by atoms with Crippen molar-refractivity contribution in [3.8, 4) is 0 Å². The summed E-state index contributed by atoms with van der Waals surface area (Å²) in [5, 5.41) is 4.02. The highest BCUT2D eigenvalue weighted by Crippen LogP contribution is 2.27. The largest absolute Gasteiger partial charge is 0.369 e. The molecule has 2 atom stereocenters. The van der Waals surface area contributed by atoms with E-state index < -0.39 is 11.8 Å². The van der Waals surface area contributed by atoms with Crippen molar-refractivity contribution in [1.29, 1.82) is 0 Å². The number of nitrogens with one attached hydrogen (secondary N) is 1. The molecule has 0 saturated heterocycles. The highest BCUT2D eigenvalue weighted by Gasteiger charge is 2.34. The second-order valence-electron chi connectivity index (χ2n) is 4.11. The van der Waals surface area contributed by atoms with Gasteiger partial charge in [0, 0.05) is 10.7 Å². The van der Waals surface area contributed by atoms with Crippen LogP contribution < -0.4 is 11.1 Å². The summed E-state index contributed by atoms with van der Waals surface area (Å²) >= 11 is 10.9.